The summed E-state index contributed by atoms with van der Waals surface area (Å²) >= 11 is 0.697. The van der Waals surface area contributed by atoms with Crippen molar-refractivity contribution in [3.8, 4) is 0 Å². The van der Waals surface area contributed by atoms with Crippen LogP contribution in [0, 0.1) is 5.13 Å². The highest BCUT2D eigenvalue weighted by molar-refractivity contribution is 7.12. The summed E-state index contributed by atoms with van der Waals surface area (Å²) in [6.07, 6.45) is -1.10. The van der Waals surface area contributed by atoms with E-state index in [1.54, 1.807) is 0 Å². The van der Waals surface area contributed by atoms with Crippen LogP contribution in [0.5, 0.6) is 0 Å². The van der Waals surface area contributed by atoms with Gasteiger partial charge in [0.1, 0.15) is 0 Å². The van der Waals surface area contributed by atoms with Crippen LogP contribution in [0.2, 0.25) is 0 Å². The lowest BCUT2D eigenvalue weighted by Gasteiger charge is -2.10. The molecule has 1 amide bonds. The van der Waals surface area contributed by atoms with Crippen molar-refractivity contribution in [2.75, 3.05) is 13.7 Å². The quantitative estimate of drug-likeness (QED) is 0.803. The number of hydrogen-bond acceptors (Lipinski definition) is 4. The summed E-state index contributed by atoms with van der Waals surface area (Å²) in [6, 6.07) is 2.50. The zero-order chi connectivity index (χ0) is 12.1. The fraction of sp³-hybridized carbons (Fsp3) is 0.333. The molecule has 0 aromatic carbocycles. The average Bonchev–Trinajstić information content (AvgIpc) is 2.65. The fourth-order valence-corrected chi connectivity index (χ4v) is 1.63. The van der Waals surface area contributed by atoms with Crippen molar-refractivity contribution in [3.05, 3.63) is 22.1 Å². The molecular weight excluding hydrogens is 237 g/mol. The maximum Gasteiger partial charge on any atom is 0.334 e. The van der Waals surface area contributed by atoms with Gasteiger partial charge in [0.2, 0.25) is 0 Å². The van der Waals surface area contributed by atoms with E-state index in [4.69, 9.17) is 5.11 Å². The van der Waals surface area contributed by atoms with Gasteiger partial charge >= 0.3 is 5.97 Å². The molecule has 0 spiro atoms. The van der Waals surface area contributed by atoms with Crippen LogP contribution in [0.1, 0.15) is 9.67 Å². The zero-order valence-corrected chi connectivity index (χ0v) is 9.21. The number of halogens is 1. The summed E-state index contributed by atoms with van der Waals surface area (Å²) < 4.78 is 17.2. The molecule has 0 aliphatic rings. The molecule has 0 fully saturated rings. The highest BCUT2D eigenvalue weighted by atomic mass is 32.1. The fourth-order valence-electron chi connectivity index (χ4n) is 0.980. The summed E-state index contributed by atoms with van der Waals surface area (Å²) in [6.45, 7) is -0.163. The number of ether oxygens (including phenoxy) is 1. The van der Waals surface area contributed by atoms with Gasteiger partial charge in [0.25, 0.3) is 5.91 Å². The molecule has 7 heteroatoms. The van der Waals surface area contributed by atoms with Gasteiger partial charge in [-0.15, -0.1) is 11.3 Å². The standard InChI is InChI=1S/C9H10FNO4S/c1-15-5(9(13)14)4-11-8(12)6-2-3-7(10)16-6/h2-3,5H,4H2,1H3,(H,11,12)(H,13,14). The number of aliphatic carboxylic acids is 1. The molecule has 16 heavy (non-hydrogen) atoms. The van der Waals surface area contributed by atoms with Crippen LogP contribution < -0.4 is 5.32 Å². The van der Waals surface area contributed by atoms with Crippen molar-refractivity contribution in [1.29, 1.82) is 0 Å². The van der Waals surface area contributed by atoms with Crippen LogP contribution in [0.3, 0.4) is 0 Å². The van der Waals surface area contributed by atoms with E-state index in [9.17, 15) is 14.0 Å². The average molecular weight is 247 g/mol. The van der Waals surface area contributed by atoms with E-state index in [0.717, 1.165) is 0 Å². The molecule has 1 aromatic rings. The topological polar surface area (TPSA) is 75.6 Å². The molecule has 0 aliphatic carbocycles. The Morgan fingerprint density at radius 1 is 1.62 bits per heavy atom. The first kappa shape index (κ1) is 12.6. The minimum atomic E-state index is -1.17. The normalized spacial score (nSPS) is 12.1. The number of amides is 1. The van der Waals surface area contributed by atoms with Gasteiger partial charge in [-0.1, -0.05) is 0 Å². The number of rotatable bonds is 5. The predicted octanol–water partition coefficient (Wildman–Crippen LogP) is 0.717. The molecule has 0 bridgehead atoms. The number of thiophene rings is 1. The van der Waals surface area contributed by atoms with Crippen LogP contribution in [-0.2, 0) is 9.53 Å². The van der Waals surface area contributed by atoms with E-state index in [1.807, 2.05) is 0 Å². The summed E-state index contributed by atoms with van der Waals surface area (Å²) in [5, 5.41) is 10.5. The van der Waals surface area contributed by atoms with Gasteiger partial charge in [0.15, 0.2) is 11.2 Å². The minimum absolute atomic E-state index is 0.163. The van der Waals surface area contributed by atoms with Gasteiger partial charge in [0.05, 0.1) is 11.4 Å². The number of carboxylic acid groups (broad SMARTS) is 1. The first-order valence-electron chi connectivity index (χ1n) is 4.33. The summed E-state index contributed by atoms with van der Waals surface area (Å²) in [5.74, 6) is -1.68. The van der Waals surface area contributed by atoms with Gasteiger partial charge in [-0.3, -0.25) is 4.79 Å². The molecule has 88 valence electrons. The second-order valence-electron chi connectivity index (χ2n) is 2.88. The van der Waals surface area contributed by atoms with Crippen molar-refractivity contribution >= 4 is 23.2 Å². The van der Waals surface area contributed by atoms with E-state index >= 15 is 0 Å². The maximum atomic E-state index is 12.6. The molecule has 2 N–H and O–H groups in total. The third-order valence-corrected chi connectivity index (χ3v) is 2.68. The second-order valence-corrected chi connectivity index (χ2v) is 3.91. The Hall–Kier alpha value is -1.47. The minimum Gasteiger partial charge on any atom is -0.479 e. The molecular formula is C9H10FNO4S. The van der Waals surface area contributed by atoms with Crippen molar-refractivity contribution in [3.63, 3.8) is 0 Å². The Morgan fingerprint density at radius 3 is 2.75 bits per heavy atom. The Balaban J connectivity index is 2.49. The molecule has 1 atom stereocenters. The van der Waals surface area contributed by atoms with E-state index < -0.39 is 23.1 Å². The number of hydrogen-bond donors (Lipinski definition) is 2. The summed E-state index contributed by atoms with van der Waals surface area (Å²) in [5.41, 5.74) is 0. The van der Waals surface area contributed by atoms with Crippen LogP contribution in [-0.4, -0.2) is 36.7 Å². The molecule has 1 rings (SSSR count). The van der Waals surface area contributed by atoms with Crippen LogP contribution in [0.25, 0.3) is 0 Å². The zero-order valence-electron chi connectivity index (χ0n) is 8.40. The molecule has 0 radical (unpaired) electrons. The first-order chi connectivity index (χ1) is 7.54. The van der Waals surface area contributed by atoms with Crippen LogP contribution in [0.15, 0.2) is 12.1 Å². The monoisotopic (exact) mass is 247 g/mol. The lowest BCUT2D eigenvalue weighted by atomic mass is 10.3. The number of carboxylic acids is 1. The van der Waals surface area contributed by atoms with E-state index in [2.05, 4.69) is 10.1 Å². The second kappa shape index (κ2) is 5.57. The van der Waals surface area contributed by atoms with Crippen LogP contribution in [0.4, 0.5) is 4.39 Å². The smallest absolute Gasteiger partial charge is 0.334 e. The Morgan fingerprint density at radius 2 is 2.31 bits per heavy atom. The van der Waals surface area contributed by atoms with Gasteiger partial charge < -0.3 is 15.2 Å². The lowest BCUT2D eigenvalue weighted by Crippen LogP contribution is -2.37. The van der Waals surface area contributed by atoms with Crippen molar-refractivity contribution in [1.82, 2.24) is 5.32 Å². The van der Waals surface area contributed by atoms with Crippen molar-refractivity contribution in [2.24, 2.45) is 0 Å². The molecule has 1 unspecified atom stereocenters. The first-order valence-corrected chi connectivity index (χ1v) is 5.15. The SMILES string of the molecule is COC(CNC(=O)c1ccc(F)s1)C(=O)O. The molecule has 1 heterocycles. The lowest BCUT2D eigenvalue weighted by molar-refractivity contribution is -0.147. The third kappa shape index (κ3) is 3.28. The largest absolute Gasteiger partial charge is 0.479 e. The molecule has 0 saturated carbocycles. The highest BCUT2D eigenvalue weighted by Gasteiger charge is 2.18. The predicted molar refractivity (Wildman–Crippen MR) is 55.0 cm³/mol. The van der Waals surface area contributed by atoms with Gasteiger partial charge in [-0.05, 0) is 12.1 Å². The Labute approximate surface area is 94.8 Å². The van der Waals surface area contributed by atoms with Gasteiger partial charge in [-0.2, -0.15) is 4.39 Å². The van der Waals surface area contributed by atoms with E-state index in [-0.39, 0.29) is 11.4 Å². The molecule has 0 saturated heterocycles. The number of methoxy groups -OCH3 is 1. The summed E-state index contributed by atoms with van der Waals surface area (Å²) in [7, 11) is 1.23. The van der Waals surface area contributed by atoms with Gasteiger partial charge in [0, 0.05) is 7.11 Å². The maximum absolute atomic E-state index is 12.6. The number of nitrogens with one attached hydrogen (secondary N) is 1. The third-order valence-electron chi connectivity index (χ3n) is 1.80. The Bertz CT molecular complexity index is 393. The molecule has 0 aliphatic heterocycles. The molecule has 1 aromatic heterocycles. The van der Waals surface area contributed by atoms with E-state index in [0.29, 0.717) is 11.3 Å². The van der Waals surface area contributed by atoms with E-state index in [1.165, 1.54) is 19.2 Å². The van der Waals surface area contributed by atoms with Crippen molar-refractivity contribution in [2.45, 2.75) is 6.10 Å². The number of carbonyl (C=O) groups excluding carboxylic acids is 1. The highest BCUT2D eigenvalue weighted by Crippen LogP contribution is 2.13. The van der Waals surface area contributed by atoms with Crippen molar-refractivity contribution < 1.29 is 23.8 Å². The van der Waals surface area contributed by atoms with Crippen LogP contribution >= 0.6 is 11.3 Å². The Kier molecular flexibility index (Phi) is 4.39. The van der Waals surface area contributed by atoms with Gasteiger partial charge in [-0.25, -0.2) is 4.79 Å². The summed E-state index contributed by atoms with van der Waals surface area (Å²) in [4.78, 5) is 22.1. The number of carbonyl (C=O) groups is 2. The molecule has 5 nitrogen and oxygen atoms in total.